The summed E-state index contributed by atoms with van der Waals surface area (Å²) in [5.41, 5.74) is 6.65. The number of fused-ring (bicyclic) bond motifs is 3. The average molecular weight is 553 g/mol. The third kappa shape index (κ3) is 4.51. The lowest BCUT2D eigenvalue weighted by Crippen LogP contribution is -2.00. The van der Waals surface area contributed by atoms with Gasteiger partial charge in [0.1, 0.15) is 5.69 Å². The number of para-hydroxylation sites is 1. The molecule has 3 aromatic heterocycles. The second-order valence-corrected chi connectivity index (χ2v) is 10.3. The fourth-order valence-corrected chi connectivity index (χ4v) is 5.51. The number of nitrogens with zero attached hydrogens (tertiary/aromatic N) is 6. The third-order valence-electron chi connectivity index (χ3n) is 7.57. The Balaban J connectivity index is 1.34. The van der Waals surface area contributed by atoms with E-state index in [1.54, 1.807) is 12.4 Å². The molecule has 0 saturated carbocycles. The largest absolute Gasteiger partial charge is 0.265 e. The zero-order valence-corrected chi connectivity index (χ0v) is 23.0. The maximum absolute atomic E-state index is 5.20. The summed E-state index contributed by atoms with van der Waals surface area (Å²) in [6.07, 6.45) is 3.50. The Bertz CT molecular complexity index is 2170. The lowest BCUT2D eigenvalue weighted by molar-refractivity contribution is 0.915. The normalized spacial score (nSPS) is 11.3. The van der Waals surface area contributed by atoms with E-state index in [-0.39, 0.29) is 0 Å². The Morgan fingerprint density at radius 3 is 1.84 bits per heavy atom. The minimum atomic E-state index is 0.596. The van der Waals surface area contributed by atoms with Gasteiger partial charge in [-0.2, -0.15) is 5.10 Å². The Labute approximate surface area is 248 Å². The van der Waals surface area contributed by atoms with Gasteiger partial charge in [-0.15, -0.1) is 0 Å². The maximum Gasteiger partial charge on any atom is 0.164 e. The molecule has 0 aliphatic carbocycles. The first kappa shape index (κ1) is 24.8. The van der Waals surface area contributed by atoms with Crippen LogP contribution in [0.4, 0.5) is 0 Å². The summed E-state index contributed by atoms with van der Waals surface area (Å²) in [5, 5.41) is 8.64. The Morgan fingerprint density at radius 2 is 1.07 bits per heavy atom. The van der Waals surface area contributed by atoms with Crippen LogP contribution in [0.15, 0.2) is 146 Å². The minimum absolute atomic E-state index is 0.596. The van der Waals surface area contributed by atoms with Crippen LogP contribution < -0.4 is 0 Å². The van der Waals surface area contributed by atoms with Crippen molar-refractivity contribution in [2.75, 3.05) is 0 Å². The summed E-state index contributed by atoms with van der Waals surface area (Å²) in [4.78, 5) is 18.9. The standard InChI is InChI=1S/C37H24N6/c1-3-11-26(12-4-1)35-39-36(27-20-22-38-23-21-27)41-37(40-35)29-14-9-13-28(24-29)34-33-31-17-8-7-10-25(31)18-19-32(33)43(42-34)30-15-5-2-6-16-30/h1-24H. The highest BCUT2D eigenvalue weighted by Gasteiger charge is 2.18. The molecular formula is C37H24N6. The molecule has 5 aromatic carbocycles. The third-order valence-corrected chi connectivity index (χ3v) is 7.57. The molecule has 0 fully saturated rings. The highest BCUT2D eigenvalue weighted by atomic mass is 15.3. The molecule has 0 N–H and O–H groups in total. The van der Waals surface area contributed by atoms with Crippen LogP contribution in [-0.4, -0.2) is 29.7 Å². The first-order chi connectivity index (χ1) is 21.3. The first-order valence-electron chi connectivity index (χ1n) is 14.1. The molecule has 0 radical (unpaired) electrons. The molecular weight excluding hydrogens is 528 g/mol. The summed E-state index contributed by atoms with van der Waals surface area (Å²) in [6, 6.07) is 45.2. The van der Waals surface area contributed by atoms with Crippen LogP contribution in [0.25, 0.3) is 72.8 Å². The van der Waals surface area contributed by atoms with Gasteiger partial charge >= 0.3 is 0 Å². The summed E-state index contributed by atoms with van der Waals surface area (Å²) in [5.74, 6) is 1.81. The van der Waals surface area contributed by atoms with Crippen LogP contribution in [0.3, 0.4) is 0 Å². The van der Waals surface area contributed by atoms with E-state index in [2.05, 4.69) is 65.6 Å². The molecule has 8 rings (SSSR count). The van der Waals surface area contributed by atoms with E-state index in [4.69, 9.17) is 20.1 Å². The van der Waals surface area contributed by atoms with Gasteiger partial charge in [0.15, 0.2) is 17.5 Å². The van der Waals surface area contributed by atoms with Gasteiger partial charge < -0.3 is 0 Å². The van der Waals surface area contributed by atoms with E-state index in [0.29, 0.717) is 17.5 Å². The van der Waals surface area contributed by atoms with Crippen molar-refractivity contribution < 1.29 is 0 Å². The predicted molar refractivity (Wildman–Crippen MR) is 171 cm³/mol. The van der Waals surface area contributed by atoms with E-state index in [0.717, 1.165) is 49.9 Å². The Hall–Kier alpha value is -6.01. The molecule has 8 aromatic rings. The molecule has 43 heavy (non-hydrogen) atoms. The van der Waals surface area contributed by atoms with Crippen LogP contribution in [0.2, 0.25) is 0 Å². The van der Waals surface area contributed by atoms with Crippen LogP contribution in [0.1, 0.15) is 0 Å². The van der Waals surface area contributed by atoms with Crippen molar-refractivity contribution in [1.82, 2.24) is 29.7 Å². The van der Waals surface area contributed by atoms with Crippen LogP contribution >= 0.6 is 0 Å². The van der Waals surface area contributed by atoms with Gasteiger partial charge in [-0.1, -0.05) is 97.1 Å². The Kier molecular flexibility index (Phi) is 6.01. The fourth-order valence-electron chi connectivity index (χ4n) is 5.51. The van der Waals surface area contributed by atoms with E-state index in [1.165, 1.54) is 5.39 Å². The Morgan fingerprint density at radius 1 is 0.465 bits per heavy atom. The topological polar surface area (TPSA) is 69.4 Å². The van der Waals surface area contributed by atoms with Gasteiger partial charge in [-0.3, -0.25) is 4.98 Å². The summed E-state index contributed by atoms with van der Waals surface area (Å²) < 4.78 is 2.03. The number of aromatic nitrogens is 6. The predicted octanol–water partition coefficient (Wildman–Crippen LogP) is 8.43. The van der Waals surface area contributed by atoms with Crippen molar-refractivity contribution in [3.05, 3.63) is 146 Å². The lowest BCUT2D eigenvalue weighted by Gasteiger charge is -2.09. The van der Waals surface area contributed by atoms with Crippen LogP contribution in [-0.2, 0) is 0 Å². The van der Waals surface area contributed by atoms with E-state index in [1.807, 2.05) is 77.5 Å². The second kappa shape index (κ2) is 10.4. The highest BCUT2D eigenvalue weighted by Crippen LogP contribution is 2.36. The smallest absolute Gasteiger partial charge is 0.164 e. The van der Waals surface area contributed by atoms with Crippen LogP contribution in [0, 0.1) is 0 Å². The summed E-state index contributed by atoms with van der Waals surface area (Å²) in [6.45, 7) is 0. The van der Waals surface area contributed by atoms with Crippen molar-refractivity contribution in [3.8, 4) is 51.1 Å². The molecule has 0 bridgehead atoms. The molecule has 0 saturated heterocycles. The monoisotopic (exact) mass is 552 g/mol. The van der Waals surface area contributed by atoms with Gasteiger partial charge in [0.25, 0.3) is 0 Å². The summed E-state index contributed by atoms with van der Waals surface area (Å²) >= 11 is 0. The SMILES string of the molecule is c1ccc(-c2nc(-c3ccncc3)nc(-c3cccc(-c4nn(-c5ccccc5)c5ccc6ccccc6c45)c3)n2)cc1. The number of hydrogen-bond donors (Lipinski definition) is 0. The number of benzene rings is 5. The lowest BCUT2D eigenvalue weighted by atomic mass is 10.00. The fraction of sp³-hybridized carbons (Fsp3) is 0. The first-order valence-corrected chi connectivity index (χ1v) is 14.1. The number of rotatable bonds is 5. The zero-order valence-electron chi connectivity index (χ0n) is 23.0. The van der Waals surface area contributed by atoms with Crippen molar-refractivity contribution in [2.45, 2.75) is 0 Å². The van der Waals surface area contributed by atoms with Gasteiger partial charge in [0, 0.05) is 40.0 Å². The van der Waals surface area contributed by atoms with Crippen molar-refractivity contribution in [2.24, 2.45) is 0 Å². The van der Waals surface area contributed by atoms with E-state index in [9.17, 15) is 0 Å². The number of hydrogen-bond acceptors (Lipinski definition) is 5. The van der Waals surface area contributed by atoms with Crippen molar-refractivity contribution in [1.29, 1.82) is 0 Å². The maximum atomic E-state index is 5.20. The number of pyridine rings is 1. The van der Waals surface area contributed by atoms with Crippen LogP contribution in [0.5, 0.6) is 0 Å². The van der Waals surface area contributed by atoms with E-state index >= 15 is 0 Å². The molecule has 6 heteroatoms. The van der Waals surface area contributed by atoms with Gasteiger partial charge in [-0.25, -0.2) is 19.6 Å². The second-order valence-electron chi connectivity index (χ2n) is 10.3. The molecule has 0 atom stereocenters. The van der Waals surface area contributed by atoms with Crippen molar-refractivity contribution >= 4 is 21.7 Å². The molecule has 0 spiro atoms. The zero-order chi connectivity index (χ0) is 28.6. The molecule has 3 heterocycles. The molecule has 0 unspecified atom stereocenters. The molecule has 202 valence electrons. The van der Waals surface area contributed by atoms with E-state index < -0.39 is 0 Å². The van der Waals surface area contributed by atoms with Gasteiger partial charge in [0.05, 0.1) is 11.2 Å². The molecule has 0 amide bonds. The molecule has 0 aliphatic heterocycles. The summed E-state index contributed by atoms with van der Waals surface area (Å²) in [7, 11) is 0. The molecule has 0 aliphatic rings. The average Bonchev–Trinajstić information content (AvgIpc) is 3.50. The quantitative estimate of drug-likeness (QED) is 0.214. The molecule has 6 nitrogen and oxygen atoms in total. The highest BCUT2D eigenvalue weighted by molar-refractivity contribution is 6.13. The minimum Gasteiger partial charge on any atom is -0.265 e. The van der Waals surface area contributed by atoms with Gasteiger partial charge in [0.2, 0.25) is 0 Å². The van der Waals surface area contributed by atoms with Gasteiger partial charge in [-0.05, 0) is 47.2 Å². The van der Waals surface area contributed by atoms with Crippen molar-refractivity contribution in [3.63, 3.8) is 0 Å².